The molecule has 2 fully saturated rings. The van der Waals surface area contributed by atoms with Crippen LogP contribution in [0.3, 0.4) is 0 Å². The summed E-state index contributed by atoms with van der Waals surface area (Å²) in [5.74, 6) is 1.19. The van der Waals surface area contributed by atoms with E-state index in [1.54, 1.807) is 7.11 Å². The predicted octanol–water partition coefficient (Wildman–Crippen LogP) is 3.00. The quantitative estimate of drug-likeness (QED) is 0.733. The van der Waals surface area contributed by atoms with E-state index >= 15 is 0 Å². The van der Waals surface area contributed by atoms with Gasteiger partial charge in [-0.15, -0.1) is 0 Å². The maximum atomic E-state index is 13.1. The van der Waals surface area contributed by atoms with Crippen LogP contribution < -0.4 is 15.0 Å². The Morgan fingerprint density at radius 2 is 1.55 bits per heavy atom. The van der Waals surface area contributed by atoms with Crippen molar-refractivity contribution >= 4 is 23.2 Å². The molecule has 2 amide bonds. The number of ether oxygens (including phenoxy) is 1. The highest BCUT2D eigenvalue weighted by Gasteiger charge is 2.31. The fourth-order valence-corrected chi connectivity index (χ4v) is 4.61. The van der Waals surface area contributed by atoms with Gasteiger partial charge in [0, 0.05) is 43.5 Å². The number of carbonyl (C=O) groups is 2. The lowest BCUT2D eigenvalue weighted by Crippen LogP contribution is -2.52. The molecule has 176 valence electrons. The molecule has 2 heterocycles. The van der Waals surface area contributed by atoms with Crippen molar-refractivity contribution in [3.8, 4) is 5.75 Å². The number of hydrogen-bond donors (Lipinski definition) is 1. The van der Waals surface area contributed by atoms with Crippen LogP contribution in [0.1, 0.15) is 18.4 Å². The van der Waals surface area contributed by atoms with E-state index in [0.29, 0.717) is 6.54 Å². The number of nitrogens with zero attached hydrogens (tertiary/aromatic N) is 3. The molecule has 1 N–H and O–H groups in total. The van der Waals surface area contributed by atoms with Crippen LogP contribution in [0, 0.1) is 12.8 Å². The maximum absolute atomic E-state index is 13.1. The summed E-state index contributed by atoms with van der Waals surface area (Å²) in [6, 6.07) is 15.9. The summed E-state index contributed by atoms with van der Waals surface area (Å²) in [6.07, 6.45) is 1.63. The first-order valence-electron chi connectivity index (χ1n) is 11.8. The number of carbonyl (C=O) groups excluding carboxylic acids is 2. The van der Waals surface area contributed by atoms with Gasteiger partial charge in [0.25, 0.3) is 0 Å². The third-order valence-electron chi connectivity index (χ3n) is 6.67. The number of aryl methyl sites for hydroxylation is 1. The third kappa shape index (κ3) is 6.05. The standard InChI is InChI=1S/C26H34N4O3/c1-20-3-5-22(6-4-20)27-25(31)19-28-13-11-21(12-14-28)26(32)30-17-15-29(16-18-30)23-7-9-24(33-2)10-8-23/h3-10,21H,11-19H2,1-2H3,(H,27,31). The number of anilines is 2. The first kappa shape index (κ1) is 23.1. The van der Waals surface area contributed by atoms with Gasteiger partial charge in [-0.1, -0.05) is 17.7 Å². The van der Waals surface area contributed by atoms with Gasteiger partial charge in [0.15, 0.2) is 0 Å². The average Bonchev–Trinajstić information content (AvgIpc) is 2.85. The molecular formula is C26H34N4O3. The summed E-state index contributed by atoms with van der Waals surface area (Å²) in [5, 5.41) is 2.96. The highest BCUT2D eigenvalue weighted by atomic mass is 16.5. The Kier molecular flexibility index (Phi) is 7.50. The van der Waals surface area contributed by atoms with Gasteiger partial charge in [-0.25, -0.2) is 0 Å². The Hall–Kier alpha value is -3.06. The minimum atomic E-state index is -0.00159. The number of nitrogens with one attached hydrogen (secondary N) is 1. The lowest BCUT2D eigenvalue weighted by Gasteiger charge is -2.39. The molecule has 0 aromatic heterocycles. The molecular weight excluding hydrogens is 416 g/mol. The number of amides is 2. The Bertz CT molecular complexity index is 929. The number of piperidine rings is 1. The molecule has 0 spiro atoms. The molecule has 0 aliphatic carbocycles. The number of rotatable bonds is 6. The molecule has 4 rings (SSSR count). The van der Waals surface area contributed by atoms with Gasteiger partial charge in [0.1, 0.15) is 5.75 Å². The molecule has 7 nitrogen and oxygen atoms in total. The van der Waals surface area contributed by atoms with Gasteiger partial charge in [0.2, 0.25) is 11.8 Å². The summed E-state index contributed by atoms with van der Waals surface area (Å²) < 4.78 is 5.23. The molecule has 0 radical (unpaired) electrons. The largest absolute Gasteiger partial charge is 0.497 e. The summed E-state index contributed by atoms with van der Waals surface area (Å²) in [4.78, 5) is 31.9. The van der Waals surface area contributed by atoms with Crippen LogP contribution in [0.15, 0.2) is 48.5 Å². The highest BCUT2D eigenvalue weighted by molar-refractivity contribution is 5.92. The van der Waals surface area contributed by atoms with Crippen molar-refractivity contribution in [3.63, 3.8) is 0 Å². The van der Waals surface area contributed by atoms with Crippen molar-refractivity contribution in [2.24, 2.45) is 5.92 Å². The number of likely N-dealkylation sites (tertiary alicyclic amines) is 1. The molecule has 2 aromatic carbocycles. The molecule has 2 aromatic rings. The van der Waals surface area contributed by atoms with E-state index in [2.05, 4.69) is 27.2 Å². The van der Waals surface area contributed by atoms with Crippen LogP contribution >= 0.6 is 0 Å². The minimum Gasteiger partial charge on any atom is -0.497 e. The van der Waals surface area contributed by atoms with E-state index in [1.807, 2.05) is 48.2 Å². The highest BCUT2D eigenvalue weighted by Crippen LogP contribution is 2.23. The van der Waals surface area contributed by atoms with Crippen LogP contribution in [-0.4, -0.2) is 74.5 Å². The summed E-state index contributed by atoms with van der Waals surface area (Å²) >= 11 is 0. The van der Waals surface area contributed by atoms with Crippen molar-refractivity contribution in [2.45, 2.75) is 19.8 Å². The van der Waals surface area contributed by atoms with Crippen molar-refractivity contribution in [1.29, 1.82) is 0 Å². The van der Waals surface area contributed by atoms with E-state index in [1.165, 1.54) is 11.3 Å². The number of benzene rings is 2. The number of piperazine rings is 1. The number of hydrogen-bond acceptors (Lipinski definition) is 5. The molecule has 2 aliphatic heterocycles. The topological polar surface area (TPSA) is 65.1 Å². The second-order valence-corrected chi connectivity index (χ2v) is 8.97. The van der Waals surface area contributed by atoms with Crippen molar-refractivity contribution in [1.82, 2.24) is 9.80 Å². The Labute approximate surface area is 196 Å². The second-order valence-electron chi connectivity index (χ2n) is 8.97. The zero-order valence-corrected chi connectivity index (χ0v) is 19.6. The monoisotopic (exact) mass is 450 g/mol. The van der Waals surface area contributed by atoms with E-state index in [4.69, 9.17) is 4.74 Å². The Morgan fingerprint density at radius 1 is 0.909 bits per heavy atom. The van der Waals surface area contributed by atoms with Gasteiger partial charge in [0.05, 0.1) is 13.7 Å². The zero-order valence-electron chi connectivity index (χ0n) is 19.6. The molecule has 2 saturated heterocycles. The average molecular weight is 451 g/mol. The normalized spacial score (nSPS) is 17.6. The SMILES string of the molecule is COc1ccc(N2CCN(C(=O)C3CCN(CC(=O)Nc4ccc(C)cc4)CC3)CC2)cc1. The first-order chi connectivity index (χ1) is 16.0. The second kappa shape index (κ2) is 10.7. The molecule has 2 aliphatic rings. The van der Waals surface area contributed by atoms with Crippen molar-refractivity contribution in [3.05, 3.63) is 54.1 Å². The Morgan fingerprint density at radius 3 is 2.15 bits per heavy atom. The van der Waals surface area contributed by atoms with Crippen LogP contribution in [0.25, 0.3) is 0 Å². The lowest BCUT2D eigenvalue weighted by molar-refractivity contribution is -0.137. The fourth-order valence-electron chi connectivity index (χ4n) is 4.61. The molecule has 0 unspecified atom stereocenters. The Balaban J connectivity index is 1.19. The van der Waals surface area contributed by atoms with E-state index in [9.17, 15) is 9.59 Å². The summed E-state index contributed by atoms with van der Waals surface area (Å²) in [6.45, 7) is 7.15. The predicted molar refractivity (Wildman–Crippen MR) is 131 cm³/mol. The third-order valence-corrected chi connectivity index (χ3v) is 6.67. The first-order valence-corrected chi connectivity index (χ1v) is 11.8. The molecule has 33 heavy (non-hydrogen) atoms. The molecule has 7 heteroatoms. The van der Waals surface area contributed by atoms with Gasteiger partial charge >= 0.3 is 0 Å². The van der Waals surface area contributed by atoms with E-state index in [-0.39, 0.29) is 17.7 Å². The maximum Gasteiger partial charge on any atom is 0.238 e. The lowest BCUT2D eigenvalue weighted by atomic mass is 9.95. The van der Waals surface area contributed by atoms with Crippen LogP contribution in [0.4, 0.5) is 11.4 Å². The summed E-state index contributed by atoms with van der Waals surface area (Å²) in [7, 11) is 1.67. The van der Waals surface area contributed by atoms with Gasteiger partial charge < -0.3 is 19.9 Å². The number of methoxy groups -OCH3 is 1. The molecule has 0 atom stereocenters. The van der Waals surface area contributed by atoms with Crippen molar-refractivity contribution in [2.75, 3.05) is 63.1 Å². The molecule has 0 saturated carbocycles. The van der Waals surface area contributed by atoms with Crippen LogP contribution in [0.2, 0.25) is 0 Å². The van der Waals surface area contributed by atoms with E-state index in [0.717, 1.165) is 63.5 Å². The molecule has 0 bridgehead atoms. The summed E-state index contributed by atoms with van der Waals surface area (Å²) in [5.41, 5.74) is 3.16. The van der Waals surface area contributed by atoms with Crippen LogP contribution in [0.5, 0.6) is 5.75 Å². The van der Waals surface area contributed by atoms with Crippen LogP contribution in [-0.2, 0) is 9.59 Å². The van der Waals surface area contributed by atoms with Gasteiger partial charge in [-0.3, -0.25) is 14.5 Å². The van der Waals surface area contributed by atoms with Crippen molar-refractivity contribution < 1.29 is 14.3 Å². The fraction of sp³-hybridized carbons (Fsp3) is 0.462. The minimum absolute atomic E-state index is 0.00159. The smallest absolute Gasteiger partial charge is 0.238 e. The van der Waals surface area contributed by atoms with Gasteiger partial charge in [-0.2, -0.15) is 0 Å². The van der Waals surface area contributed by atoms with E-state index < -0.39 is 0 Å². The van der Waals surface area contributed by atoms with Gasteiger partial charge in [-0.05, 0) is 69.3 Å². The zero-order chi connectivity index (χ0) is 23.2.